The molecule has 0 unspecified atom stereocenters. The molecule has 8 nitrogen and oxygen atoms in total. The number of para-hydroxylation sites is 1. The smallest absolute Gasteiger partial charge is 0.338 e. The molecule has 0 saturated carbocycles. The largest absolute Gasteiger partial charge is 0.491 e. The van der Waals surface area contributed by atoms with Gasteiger partial charge in [0.15, 0.2) is 16.3 Å². The molecule has 0 saturated heterocycles. The van der Waals surface area contributed by atoms with Crippen LogP contribution in [0.5, 0.6) is 17.2 Å². The number of carbonyl (C=O) groups excluding carboxylic acids is 1. The first-order valence-corrected chi connectivity index (χ1v) is 16.5. The van der Waals surface area contributed by atoms with Crippen LogP contribution in [0.15, 0.2) is 86.2 Å². The van der Waals surface area contributed by atoms with Gasteiger partial charge in [0, 0.05) is 5.56 Å². The number of rotatable bonds is 11. The van der Waals surface area contributed by atoms with E-state index in [1.807, 2.05) is 51.1 Å². The van der Waals surface area contributed by atoms with Crippen molar-refractivity contribution >= 4 is 39.3 Å². The predicted molar refractivity (Wildman–Crippen MR) is 179 cm³/mol. The molecule has 1 atom stereocenters. The van der Waals surface area contributed by atoms with E-state index in [0.29, 0.717) is 60.0 Å². The second-order valence-corrected chi connectivity index (χ2v) is 12.6. The van der Waals surface area contributed by atoms with Gasteiger partial charge in [-0.25, -0.2) is 14.2 Å². The highest BCUT2D eigenvalue weighted by molar-refractivity contribution is 9.10. The Kier molecular flexibility index (Phi) is 10.4. The Hall–Kier alpha value is -4.22. The molecule has 0 spiro atoms. The average molecular weight is 710 g/mol. The van der Waals surface area contributed by atoms with Gasteiger partial charge in [-0.05, 0) is 98.1 Å². The van der Waals surface area contributed by atoms with Crippen LogP contribution in [0.4, 0.5) is 4.39 Å². The molecule has 1 aliphatic heterocycles. The molecule has 4 aromatic rings. The minimum absolute atomic E-state index is 0.132. The van der Waals surface area contributed by atoms with Crippen LogP contribution in [0.2, 0.25) is 0 Å². The van der Waals surface area contributed by atoms with Crippen molar-refractivity contribution in [1.29, 1.82) is 0 Å². The Bertz CT molecular complexity index is 1980. The number of nitrogens with zero attached hydrogens (tertiary/aromatic N) is 2. The lowest BCUT2D eigenvalue weighted by atomic mass is 9.95. The zero-order valence-electron chi connectivity index (χ0n) is 26.1. The summed E-state index contributed by atoms with van der Waals surface area (Å²) in [6, 6.07) is 16.4. The van der Waals surface area contributed by atoms with E-state index in [4.69, 9.17) is 18.9 Å². The third-order valence-electron chi connectivity index (χ3n) is 6.99. The Morgan fingerprint density at radius 3 is 2.57 bits per heavy atom. The van der Waals surface area contributed by atoms with Crippen molar-refractivity contribution in [2.24, 2.45) is 4.99 Å². The summed E-state index contributed by atoms with van der Waals surface area (Å²) in [5.41, 5.74) is 2.44. The summed E-state index contributed by atoms with van der Waals surface area (Å²) in [6.07, 6.45) is 1.62. The molecule has 0 fully saturated rings. The molecule has 0 radical (unpaired) electrons. The minimum atomic E-state index is -0.809. The van der Waals surface area contributed by atoms with Gasteiger partial charge in [0.05, 0.1) is 39.6 Å². The molecule has 46 heavy (non-hydrogen) atoms. The number of carbonyl (C=O) groups is 1. The zero-order valence-corrected chi connectivity index (χ0v) is 28.5. The van der Waals surface area contributed by atoms with Crippen molar-refractivity contribution in [3.8, 4) is 17.2 Å². The summed E-state index contributed by atoms with van der Waals surface area (Å²) in [7, 11) is 0. The van der Waals surface area contributed by atoms with E-state index in [2.05, 4.69) is 20.9 Å². The van der Waals surface area contributed by atoms with Crippen LogP contribution in [0.1, 0.15) is 57.4 Å². The Balaban J connectivity index is 1.62. The first-order chi connectivity index (χ1) is 22.1. The van der Waals surface area contributed by atoms with Gasteiger partial charge in [0.1, 0.15) is 24.2 Å². The SMILES string of the molecule is CCOC(=O)C1=C(C)N=c2s/c(=C/c3cc(Br)c(OCc4cccc(F)c4)c(OCC)c3)c(=O)n2[C@H]1c1ccccc1OC(C)C. The number of esters is 1. The second kappa shape index (κ2) is 14.5. The number of thiazole rings is 1. The zero-order chi connectivity index (χ0) is 33.0. The molecule has 11 heteroatoms. The highest BCUT2D eigenvalue weighted by Gasteiger charge is 2.35. The molecule has 1 aromatic heterocycles. The van der Waals surface area contributed by atoms with Crippen LogP contribution in [-0.2, 0) is 16.1 Å². The van der Waals surface area contributed by atoms with Crippen molar-refractivity contribution in [1.82, 2.24) is 4.57 Å². The third kappa shape index (κ3) is 7.10. The Labute approximate surface area is 278 Å². The maximum absolute atomic E-state index is 14.2. The fourth-order valence-corrected chi connectivity index (χ4v) is 6.78. The molecule has 0 N–H and O–H groups in total. The topological polar surface area (TPSA) is 88.4 Å². The Morgan fingerprint density at radius 2 is 1.85 bits per heavy atom. The van der Waals surface area contributed by atoms with E-state index in [0.717, 1.165) is 0 Å². The maximum Gasteiger partial charge on any atom is 0.338 e. The highest BCUT2D eigenvalue weighted by Crippen LogP contribution is 2.38. The van der Waals surface area contributed by atoms with Gasteiger partial charge in [-0.15, -0.1) is 0 Å². The molecule has 3 aromatic carbocycles. The summed E-state index contributed by atoms with van der Waals surface area (Å²) >= 11 is 4.81. The lowest BCUT2D eigenvalue weighted by Gasteiger charge is -2.26. The first kappa shape index (κ1) is 33.2. The van der Waals surface area contributed by atoms with Crippen LogP contribution >= 0.6 is 27.3 Å². The van der Waals surface area contributed by atoms with E-state index in [1.165, 1.54) is 28.0 Å². The summed E-state index contributed by atoms with van der Waals surface area (Å²) in [6.45, 7) is 9.87. The summed E-state index contributed by atoms with van der Waals surface area (Å²) in [5, 5.41) is 0. The molecular weight excluding hydrogens is 675 g/mol. The molecule has 1 aliphatic rings. The first-order valence-electron chi connectivity index (χ1n) is 14.9. The number of aromatic nitrogens is 1. The van der Waals surface area contributed by atoms with Gasteiger partial charge in [-0.3, -0.25) is 9.36 Å². The summed E-state index contributed by atoms with van der Waals surface area (Å²) in [4.78, 5) is 32.6. The second-order valence-electron chi connectivity index (χ2n) is 10.7. The lowest BCUT2D eigenvalue weighted by molar-refractivity contribution is -0.139. The number of allylic oxidation sites excluding steroid dienone is 1. The molecule has 0 bridgehead atoms. The normalized spacial score (nSPS) is 14.6. The van der Waals surface area contributed by atoms with Crippen LogP contribution in [0.3, 0.4) is 0 Å². The molecule has 5 rings (SSSR count). The fourth-order valence-electron chi connectivity index (χ4n) is 5.16. The minimum Gasteiger partial charge on any atom is -0.491 e. The van der Waals surface area contributed by atoms with E-state index in [1.54, 1.807) is 38.1 Å². The molecule has 240 valence electrons. The third-order valence-corrected chi connectivity index (χ3v) is 8.57. The van der Waals surface area contributed by atoms with Crippen LogP contribution in [0, 0.1) is 5.82 Å². The summed E-state index contributed by atoms with van der Waals surface area (Å²) < 4.78 is 39.7. The number of hydrogen-bond acceptors (Lipinski definition) is 8. The van der Waals surface area contributed by atoms with Gasteiger partial charge in [0.25, 0.3) is 5.56 Å². The predicted octanol–water partition coefficient (Wildman–Crippen LogP) is 6.46. The van der Waals surface area contributed by atoms with Crippen molar-refractivity contribution in [2.45, 2.75) is 53.4 Å². The van der Waals surface area contributed by atoms with Crippen LogP contribution < -0.4 is 29.1 Å². The van der Waals surface area contributed by atoms with Gasteiger partial charge in [-0.2, -0.15) is 0 Å². The van der Waals surface area contributed by atoms with Gasteiger partial charge >= 0.3 is 5.97 Å². The number of halogens is 2. The number of hydrogen-bond donors (Lipinski definition) is 0. The standard InChI is InChI=1S/C35H34BrFN2O6S/c1-6-42-28-17-23(16-26(36)32(28)44-19-22-11-10-12-24(37)15-22)18-29-33(40)39-31(25-13-8-9-14-27(25)45-20(3)4)30(34(41)43-7-2)21(5)38-35(39)46-29/h8-18,20,31H,6-7,19H2,1-5H3/b29-18+/t31-/m0/s1. The highest BCUT2D eigenvalue weighted by atomic mass is 79.9. The molecule has 0 amide bonds. The van der Waals surface area contributed by atoms with E-state index < -0.39 is 12.0 Å². The van der Waals surface area contributed by atoms with Crippen molar-refractivity contribution in [3.63, 3.8) is 0 Å². The number of benzene rings is 3. The van der Waals surface area contributed by atoms with Gasteiger partial charge in [0.2, 0.25) is 0 Å². The summed E-state index contributed by atoms with van der Waals surface area (Å²) in [5.74, 6) is 0.602. The number of ether oxygens (including phenoxy) is 4. The molecule has 0 aliphatic carbocycles. The molecular formula is C35H34BrFN2O6S. The van der Waals surface area contributed by atoms with E-state index in [-0.39, 0.29) is 36.3 Å². The Morgan fingerprint density at radius 1 is 1.07 bits per heavy atom. The quantitative estimate of drug-likeness (QED) is 0.166. The fraction of sp³-hybridized carbons (Fsp3) is 0.286. The lowest BCUT2D eigenvalue weighted by Crippen LogP contribution is -2.40. The van der Waals surface area contributed by atoms with Gasteiger partial charge < -0.3 is 18.9 Å². The van der Waals surface area contributed by atoms with Crippen molar-refractivity contribution < 1.29 is 28.1 Å². The van der Waals surface area contributed by atoms with Gasteiger partial charge in [-0.1, -0.05) is 41.7 Å². The van der Waals surface area contributed by atoms with Crippen LogP contribution in [-0.4, -0.2) is 29.9 Å². The van der Waals surface area contributed by atoms with E-state index in [9.17, 15) is 14.0 Å². The monoisotopic (exact) mass is 708 g/mol. The molecule has 2 heterocycles. The maximum atomic E-state index is 14.2. The van der Waals surface area contributed by atoms with Crippen molar-refractivity contribution in [2.75, 3.05) is 13.2 Å². The average Bonchev–Trinajstić information content (AvgIpc) is 3.30. The van der Waals surface area contributed by atoms with Crippen LogP contribution in [0.25, 0.3) is 6.08 Å². The van der Waals surface area contributed by atoms with Crippen molar-refractivity contribution in [3.05, 3.63) is 119 Å². The van der Waals surface area contributed by atoms with E-state index >= 15 is 0 Å². The number of fused-ring (bicyclic) bond motifs is 1.